The Labute approximate surface area is 46.1 Å². The standard InChI is InChI=1S/C3H7OP.ClH/c4-2-1-3-5;/h1-2,4H,3,5H2;1H. The lowest BCUT2D eigenvalue weighted by Gasteiger charge is -1.65. The molecule has 0 fully saturated rings. The fourth-order valence-corrected chi connectivity index (χ4v) is 0.183. The van der Waals surface area contributed by atoms with E-state index in [9.17, 15) is 0 Å². The average Bonchev–Trinajstić information content (AvgIpc) is 1.41. The molecule has 0 heterocycles. The maximum absolute atomic E-state index is 7.87. The molecule has 6 heavy (non-hydrogen) atoms. The van der Waals surface area contributed by atoms with Crippen molar-refractivity contribution in [2.75, 3.05) is 6.16 Å². The van der Waals surface area contributed by atoms with E-state index in [1.807, 2.05) is 0 Å². The molecule has 0 radical (unpaired) electrons. The van der Waals surface area contributed by atoms with Crippen molar-refractivity contribution in [1.82, 2.24) is 0 Å². The smallest absolute Gasteiger partial charge is 0.0755 e. The summed E-state index contributed by atoms with van der Waals surface area (Å²) in [7, 11) is 2.45. The number of aliphatic hydroxyl groups excluding tert-OH is 1. The monoisotopic (exact) mass is 126 g/mol. The van der Waals surface area contributed by atoms with Crippen LogP contribution in [0, 0.1) is 0 Å². The van der Waals surface area contributed by atoms with Gasteiger partial charge >= 0.3 is 0 Å². The van der Waals surface area contributed by atoms with Crippen LogP contribution in [0.1, 0.15) is 0 Å². The van der Waals surface area contributed by atoms with Crippen LogP contribution in [0.2, 0.25) is 0 Å². The van der Waals surface area contributed by atoms with Crippen LogP contribution >= 0.6 is 21.6 Å². The first-order valence-corrected chi connectivity index (χ1v) is 2.22. The molecule has 0 aromatic rings. The number of hydrogen-bond acceptors (Lipinski definition) is 1. The Hall–Kier alpha value is 0.260. The SMILES string of the molecule is Cl.OC=CCP. The molecule has 3 heteroatoms. The number of aliphatic hydroxyl groups is 1. The molecule has 0 aliphatic heterocycles. The predicted molar refractivity (Wildman–Crippen MR) is 33.6 cm³/mol. The third-order valence-electron chi connectivity index (χ3n) is 0.241. The number of allylic oxidation sites excluding steroid dienone is 1. The van der Waals surface area contributed by atoms with Crippen molar-refractivity contribution in [3.05, 3.63) is 12.3 Å². The van der Waals surface area contributed by atoms with Crippen LogP contribution in [0.5, 0.6) is 0 Å². The van der Waals surface area contributed by atoms with Gasteiger partial charge in [-0.15, -0.1) is 21.6 Å². The van der Waals surface area contributed by atoms with Gasteiger partial charge in [0, 0.05) is 0 Å². The Bertz CT molecular complexity index is 37.8. The maximum atomic E-state index is 7.87. The second-order valence-electron chi connectivity index (χ2n) is 0.620. The molecule has 1 unspecified atom stereocenters. The lowest BCUT2D eigenvalue weighted by Crippen LogP contribution is -1.52. The van der Waals surface area contributed by atoms with Gasteiger partial charge in [0.05, 0.1) is 6.26 Å². The molecule has 0 bridgehead atoms. The first-order chi connectivity index (χ1) is 2.41. The molecule has 0 saturated heterocycles. The molecule has 1 N–H and O–H groups in total. The molecule has 1 atom stereocenters. The van der Waals surface area contributed by atoms with Crippen LogP contribution in [-0.2, 0) is 0 Å². The van der Waals surface area contributed by atoms with E-state index in [4.69, 9.17) is 5.11 Å². The highest BCUT2D eigenvalue weighted by molar-refractivity contribution is 7.16. The van der Waals surface area contributed by atoms with Gasteiger partial charge in [-0.3, -0.25) is 0 Å². The van der Waals surface area contributed by atoms with E-state index in [0.29, 0.717) is 0 Å². The Morgan fingerprint density at radius 3 is 2.17 bits per heavy atom. The average molecular weight is 127 g/mol. The van der Waals surface area contributed by atoms with Crippen molar-refractivity contribution in [3.8, 4) is 0 Å². The van der Waals surface area contributed by atoms with Crippen molar-refractivity contribution in [2.24, 2.45) is 0 Å². The number of hydrogen-bond donors (Lipinski definition) is 1. The summed E-state index contributed by atoms with van der Waals surface area (Å²) in [6, 6.07) is 0. The fourth-order valence-electron chi connectivity index (χ4n) is 0.0609. The Morgan fingerprint density at radius 1 is 1.67 bits per heavy atom. The van der Waals surface area contributed by atoms with Crippen LogP contribution in [0.25, 0.3) is 0 Å². The molecular formula is C3H8ClOP. The summed E-state index contributed by atoms with van der Waals surface area (Å²) in [6.45, 7) is 0. The summed E-state index contributed by atoms with van der Waals surface area (Å²) < 4.78 is 0. The molecular weight excluding hydrogens is 118 g/mol. The van der Waals surface area contributed by atoms with Crippen LogP contribution in [-0.4, -0.2) is 11.3 Å². The van der Waals surface area contributed by atoms with E-state index in [2.05, 4.69) is 9.24 Å². The first-order valence-electron chi connectivity index (χ1n) is 1.41. The van der Waals surface area contributed by atoms with Gasteiger partial charge in [-0.25, -0.2) is 0 Å². The normalized spacial score (nSPS) is 8.17. The van der Waals surface area contributed by atoms with E-state index in [0.717, 1.165) is 12.4 Å². The topological polar surface area (TPSA) is 20.2 Å². The van der Waals surface area contributed by atoms with Gasteiger partial charge in [0.1, 0.15) is 0 Å². The van der Waals surface area contributed by atoms with Gasteiger partial charge in [-0.2, -0.15) is 0 Å². The Balaban J connectivity index is 0. The second kappa shape index (κ2) is 8.98. The van der Waals surface area contributed by atoms with Gasteiger partial charge in [0.25, 0.3) is 0 Å². The van der Waals surface area contributed by atoms with Crippen LogP contribution in [0.3, 0.4) is 0 Å². The molecule has 1 nitrogen and oxygen atoms in total. The molecule has 38 valence electrons. The molecule has 0 aliphatic carbocycles. The van der Waals surface area contributed by atoms with E-state index < -0.39 is 0 Å². The van der Waals surface area contributed by atoms with E-state index in [-0.39, 0.29) is 12.4 Å². The van der Waals surface area contributed by atoms with Gasteiger partial charge in [0.15, 0.2) is 0 Å². The summed E-state index contributed by atoms with van der Waals surface area (Å²) in [5.74, 6) is 0. The Morgan fingerprint density at radius 2 is 2.17 bits per heavy atom. The minimum absolute atomic E-state index is 0. The number of rotatable bonds is 1. The van der Waals surface area contributed by atoms with Gasteiger partial charge in [-0.1, -0.05) is 0 Å². The molecule has 0 rings (SSSR count). The zero-order chi connectivity index (χ0) is 4.12. The fraction of sp³-hybridized carbons (Fsp3) is 0.333. The molecule has 0 saturated carbocycles. The highest BCUT2D eigenvalue weighted by atomic mass is 35.5. The third kappa shape index (κ3) is 8.86. The highest BCUT2D eigenvalue weighted by Gasteiger charge is 1.53. The van der Waals surface area contributed by atoms with E-state index in [1.165, 1.54) is 0 Å². The molecule has 0 aliphatic rings. The van der Waals surface area contributed by atoms with Gasteiger partial charge < -0.3 is 5.11 Å². The summed E-state index contributed by atoms with van der Waals surface area (Å²) in [5, 5.41) is 7.87. The van der Waals surface area contributed by atoms with Crippen molar-refractivity contribution < 1.29 is 5.11 Å². The summed E-state index contributed by atoms with van der Waals surface area (Å²) >= 11 is 0. The molecule has 0 spiro atoms. The van der Waals surface area contributed by atoms with Gasteiger partial charge in [0.2, 0.25) is 0 Å². The highest BCUT2D eigenvalue weighted by Crippen LogP contribution is 1.77. The maximum Gasteiger partial charge on any atom is 0.0755 e. The van der Waals surface area contributed by atoms with E-state index in [1.54, 1.807) is 6.08 Å². The van der Waals surface area contributed by atoms with Crippen molar-refractivity contribution >= 4 is 21.6 Å². The quantitative estimate of drug-likeness (QED) is 0.416. The van der Waals surface area contributed by atoms with Crippen molar-refractivity contribution in [2.45, 2.75) is 0 Å². The zero-order valence-corrected chi connectivity index (χ0v) is 5.27. The van der Waals surface area contributed by atoms with Gasteiger partial charge in [-0.05, 0) is 12.2 Å². The van der Waals surface area contributed by atoms with Crippen LogP contribution in [0.15, 0.2) is 12.3 Å². The summed E-state index contributed by atoms with van der Waals surface area (Å²) in [4.78, 5) is 0. The Kier molecular flexibility index (Phi) is 14.3. The lowest BCUT2D eigenvalue weighted by atomic mass is 10.7. The largest absolute Gasteiger partial charge is 0.516 e. The lowest BCUT2D eigenvalue weighted by molar-refractivity contribution is 0.473. The van der Waals surface area contributed by atoms with E-state index >= 15 is 0 Å². The zero-order valence-electron chi connectivity index (χ0n) is 3.29. The minimum atomic E-state index is 0. The molecule has 0 aromatic heterocycles. The summed E-state index contributed by atoms with van der Waals surface area (Å²) in [6.07, 6.45) is 3.51. The molecule has 0 aromatic carbocycles. The molecule has 0 amide bonds. The first kappa shape index (κ1) is 9.54. The van der Waals surface area contributed by atoms with Crippen molar-refractivity contribution in [1.29, 1.82) is 0 Å². The van der Waals surface area contributed by atoms with Crippen LogP contribution in [0.4, 0.5) is 0 Å². The number of halogens is 1. The van der Waals surface area contributed by atoms with Crippen LogP contribution < -0.4 is 0 Å². The minimum Gasteiger partial charge on any atom is -0.516 e. The third-order valence-corrected chi connectivity index (χ3v) is 0.514. The van der Waals surface area contributed by atoms with Crippen molar-refractivity contribution in [3.63, 3.8) is 0 Å². The predicted octanol–water partition coefficient (Wildman–Crippen LogP) is 1.35. The summed E-state index contributed by atoms with van der Waals surface area (Å²) in [5.41, 5.74) is 0. The second-order valence-corrected chi connectivity index (χ2v) is 1.09.